The second-order valence-corrected chi connectivity index (χ2v) is 8.03. The Morgan fingerprint density at radius 1 is 0.871 bits per heavy atom. The summed E-state index contributed by atoms with van der Waals surface area (Å²) in [5.74, 6) is -0.580. The van der Waals surface area contributed by atoms with Crippen molar-refractivity contribution in [3.8, 4) is 0 Å². The van der Waals surface area contributed by atoms with Crippen LogP contribution in [0.4, 0.5) is 11.4 Å². The van der Waals surface area contributed by atoms with Gasteiger partial charge in [-0.2, -0.15) is 0 Å². The first-order valence-electron chi connectivity index (χ1n) is 10.6. The van der Waals surface area contributed by atoms with Gasteiger partial charge in [0, 0.05) is 36.4 Å². The summed E-state index contributed by atoms with van der Waals surface area (Å²) in [5, 5.41) is 0. The van der Waals surface area contributed by atoms with Crippen molar-refractivity contribution in [1.29, 1.82) is 0 Å². The molecule has 156 valence electrons. The van der Waals surface area contributed by atoms with Gasteiger partial charge in [-0.1, -0.05) is 42.5 Å². The average molecular weight is 412 g/mol. The van der Waals surface area contributed by atoms with Gasteiger partial charge in [-0.05, 0) is 53.4 Å². The molecule has 0 radical (unpaired) electrons. The highest BCUT2D eigenvalue weighted by molar-refractivity contribution is 6.11. The van der Waals surface area contributed by atoms with Crippen LogP contribution in [0.3, 0.4) is 0 Å². The average Bonchev–Trinajstić information content (AvgIpc) is 3.22. The zero-order valence-electron chi connectivity index (χ0n) is 17.5. The van der Waals surface area contributed by atoms with Gasteiger partial charge in [0.15, 0.2) is 0 Å². The molecule has 5 nitrogen and oxygen atoms in total. The van der Waals surface area contributed by atoms with Gasteiger partial charge in [-0.25, -0.2) is 4.79 Å². The minimum Gasteiger partial charge on any atom is -0.467 e. The van der Waals surface area contributed by atoms with Crippen LogP contribution in [0.5, 0.6) is 0 Å². The molecule has 1 atom stereocenters. The summed E-state index contributed by atoms with van der Waals surface area (Å²) in [6.07, 6.45) is 1.49. The molecular formula is C26H24N2O3. The SMILES string of the molecule is COC(=O)C1Cc2ccccc2N1C(=O)c1ccc(N2CCc3ccccc3C2)cc1. The number of para-hydroxylation sites is 1. The van der Waals surface area contributed by atoms with E-state index < -0.39 is 12.0 Å². The van der Waals surface area contributed by atoms with E-state index in [-0.39, 0.29) is 5.91 Å². The highest BCUT2D eigenvalue weighted by atomic mass is 16.5. The number of hydrogen-bond acceptors (Lipinski definition) is 4. The molecule has 3 aromatic carbocycles. The van der Waals surface area contributed by atoms with Crippen molar-refractivity contribution in [2.24, 2.45) is 0 Å². The van der Waals surface area contributed by atoms with Crippen LogP contribution in [0.2, 0.25) is 0 Å². The van der Waals surface area contributed by atoms with Crippen LogP contribution >= 0.6 is 0 Å². The van der Waals surface area contributed by atoms with E-state index in [1.807, 2.05) is 48.5 Å². The van der Waals surface area contributed by atoms with Crippen molar-refractivity contribution in [2.75, 3.05) is 23.5 Å². The number of anilines is 2. The predicted octanol–water partition coefficient (Wildman–Crippen LogP) is 3.99. The standard InChI is InChI=1S/C26H24N2O3/c1-31-26(30)24-16-20-7-4-5-9-23(20)28(24)25(29)19-10-12-22(13-11-19)27-15-14-18-6-2-3-8-21(18)17-27/h2-13,24H,14-17H2,1H3. The van der Waals surface area contributed by atoms with Crippen LogP contribution in [0.25, 0.3) is 0 Å². The maximum absolute atomic E-state index is 13.4. The molecule has 2 aliphatic rings. The summed E-state index contributed by atoms with van der Waals surface area (Å²) in [4.78, 5) is 29.7. The number of amides is 1. The minimum absolute atomic E-state index is 0.184. The van der Waals surface area contributed by atoms with Gasteiger partial charge in [0.1, 0.15) is 6.04 Å². The van der Waals surface area contributed by atoms with Crippen molar-refractivity contribution in [3.63, 3.8) is 0 Å². The molecule has 0 spiro atoms. The Kier molecular flexibility index (Phi) is 4.94. The normalized spacial score (nSPS) is 17.1. The van der Waals surface area contributed by atoms with E-state index in [2.05, 4.69) is 29.2 Å². The highest BCUT2D eigenvalue weighted by Crippen LogP contribution is 2.34. The van der Waals surface area contributed by atoms with Crippen molar-refractivity contribution in [2.45, 2.75) is 25.4 Å². The second-order valence-electron chi connectivity index (χ2n) is 8.03. The molecule has 0 saturated carbocycles. The van der Waals surface area contributed by atoms with Crippen LogP contribution < -0.4 is 9.80 Å². The van der Waals surface area contributed by atoms with Gasteiger partial charge < -0.3 is 9.64 Å². The summed E-state index contributed by atoms with van der Waals surface area (Å²) in [6.45, 7) is 1.82. The topological polar surface area (TPSA) is 49.9 Å². The Balaban J connectivity index is 1.39. The van der Waals surface area contributed by atoms with Gasteiger partial charge in [0.05, 0.1) is 7.11 Å². The minimum atomic E-state index is -0.631. The number of carbonyl (C=O) groups excluding carboxylic acids is 2. The molecule has 0 aromatic heterocycles. The number of benzene rings is 3. The third-order valence-electron chi connectivity index (χ3n) is 6.28. The Hall–Kier alpha value is -3.60. The molecular weight excluding hydrogens is 388 g/mol. The molecule has 2 heterocycles. The van der Waals surface area contributed by atoms with Crippen LogP contribution in [-0.4, -0.2) is 31.6 Å². The molecule has 0 saturated heterocycles. The molecule has 0 N–H and O–H groups in total. The van der Waals surface area contributed by atoms with Gasteiger partial charge in [0.2, 0.25) is 0 Å². The number of ether oxygens (including phenoxy) is 1. The molecule has 1 unspecified atom stereocenters. The maximum atomic E-state index is 13.4. The lowest BCUT2D eigenvalue weighted by molar-refractivity contribution is -0.141. The molecule has 0 aliphatic carbocycles. The van der Waals surface area contributed by atoms with E-state index in [4.69, 9.17) is 4.74 Å². The zero-order chi connectivity index (χ0) is 21.4. The summed E-state index contributed by atoms with van der Waals surface area (Å²) < 4.78 is 4.97. The third-order valence-corrected chi connectivity index (χ3v) is 6.28. The largest absolute Gasteiger partial charge is 0.467 e. The Labute approximate surface area is 181 Å². The molecule has 1 amide bonds. The molecule has 0 bridgehead atoms. The van der Waals surface area contributed by atoms with Gasteiger partial charge in [0.25, 0.3) is 5.91 Å². The van der Waals surface area contributed by atoms with Crippen LogP contribution in [0.1, 0.15) is 27.0 Å². The predicted molar refractivity (Wildman–Crippen MR) is 120 cm³/mol. The lowest BCUT2D eigenvalue weighted by Crippen LogP contribution is -2.43. The van der Waals surface area contributed by atoms with Gasteiger partial charge in [-0.15, -0.1) is 0 Å². The second kappa shape index (κ2) is 7.91. The van der Waals surface area contributed by atoms with Gasteiger partial charge in [-0.3, -0.25) is 9.69 Å². The van der Waals surface area contributed by atoms with Crippen LogP contribution in [0.15, 0.2) is 72.8 Å². The fraction of sp³-hybridized carbons (Fsp3) is 0.231. The van der Waals surface area contributed by atoms with E-state index >= 15 is 0 Å². The van der Waals surface area contributed by atoms with E-state index in [9.17, 15) is 9.59 Å². The fourth-order valence-corrected chi connectivity index (χ4v) is 4.63. The number of esters is 1. The molecule has 3 aromatic rings. The highest BCUT2D eigenvalue weighted by Gasteiger charge is 2.39. The van der Waals surface area contributed by atoms with E-state index in [0.717, 1.165) is 36.4 Å². The number of rotatable bonds is 3. The number of carbonyl (C=O) groups is 2. The Morgan fingerprint density at radius 3 is 2.29 bits per heavy atom. The molecule has 5 heteroatoms. The summed E-state index contributed by atoms with van der Waals surface area (Å²) in [6, 6.07) is 23.3. The summed E-state index contributed by atoms with van der Waals surface area (Å²) in [5.41, 5.74) is 6.18. The number of methoxy groups -OCH3 is 1. The number of fused-ring (bicyclic) bond motifs is 2. The molecule has 31 heavy (non-hydrogen) atoms. The van der Waals surface area contributed by atoms with Crippen molar-refractivity contribution in [3.05, 3.63) is 95.1 Å². The van der Waals surface area contributed by atoms with E-state index in [1.165, 1.54) is 18.2 Å². The van der Waals surface area contributed by atoms with Crippen LogP contribution in [-0.2, 0) is 28.9 Å². The molecule has 5 rings (SSSR count). The third kappa shape index (κ3) is 3.46. The zero-order valence-corrected chi connectivity index (χ0v) is 17.5. The molecule has 2 aliphatic heterocycles. The van der Waals surface area contributed by atoms with E-state index in [1.54, 1.807) is 4.90 Å². The Morgan fingerprint density at radius 2 is 1.55 bits per heavy atom. The lowest BCUT2D eigenvalue weighted by Gasteiger charge is -2.31. The van der Waals surface area contributed by atoms with Crippen molar-refractivity contribution >= 4 is 23.3 Å². The maximum Gasteiger partial charge on any atom is 0.329 e. The summed E-state index contributed by atoms with van der Waals surface area (Å²) >= 11 is 0. The monoisotopic (exact) mass is 412 g/mol. The van der Waals surface area contributed by atoms with E-state index in [0.29, 0.717) is 12.0 Å². The fourth-order valence-electron chi connectivity index (χ4n) is 4.63. The lowest BCUT2D eigenvalue weighted by atomic mass is 9.99. The molecule has 0 fully saturated rings. The number of hydrogen-bond donors (Lipinski definition) is 0. The Bertz CT molecular complexity index is 1140. The van der Waals surface area contributed by atoms with Gasteiger partial charge >= 0.3 is 5.97 Å². The van der Waals surface area contributed by atoms with Crippen molar-refractivity contribution < 1.29 is 14.3 Å². The quantitative estimate of drug-likeness (QED) is 0.611. The first-order valence-corrected chi connectivity index (χ1v) is 10.6. The first kappa shape index (κ1) is 19.4. The van der Waals surface area contributed by atoms with Crippen LogP contribution in [0, 0.1) is 0 Å². The number of nitrogens with zero attached hydrogens (tertiary/aromatic N) is 2. The first-order chi connectivity index (χ1) is 15.2. The van der Waals surface area contributed by atoms with Crippen molar-refractivity contribution in [1.82, 2.24) is 0 Å². The summed E-state index contributed by atoms with van der Waals surface area (Å²) in [7, 11) is 1.36. The smallest absolute Gasteiger partial charge is 0.329 e.